The highest BCUT2D eigenvalue weighted by Gasteiger charge is 2.38. The third-order valence-electron chi connectivity index (χ3n) is 4.83. The number of carbonyl (C=O) groups is 2. The number of nitroso groups, excluding NO2 is 1. The first-order valence-electron chi connectivity index (χ1n) is 12.0. The van der Waals surface area contributed by atoms with E-state index < -0.39 is 40.1 Å². The molecule has 11 nitrogen and oxygen atoms in total. The number of nitrogens with one attached hydrogen (secondary N) is 1. The molecule has 2 N–H and O–H groups in total. The highest BCUT2D eigenvalue weighted by Crippen LogP contribution is 2.14. The Labute approximate surface area is 230 Å². The summed E-state index contributed by atoms with van der Waals surface area (Å²) >= 11 is 0. The molecular weight excluding hydrogens is 562 g/mol. The summed E-state index contributed by atoms with van der Waals surface area (Å²) in [5.74, 6) is -3.78. The van der Waals surface area contributed by atoms with Gasteiger partial charge in [-0.05, 0) is 30.5 Å². The smallest absolute Gasteiger partial charge is 0.475 e. The summed E-state index contributed by atoms with van der Waals surface area (Å²) in [6.07, 6.45) is -3.20. The zero-order valence-corrected chi connectivity index (χ0v) is 23.2. The van der Waals surface area contributed by atoms with Crippen molar-refractivity contribution in [3.8, 4) is 0 Å². The minimum absolute atomic E-state index is 0.0000570. The van der Waals surface area contributed by atoms with Crippen molar-refractivity contribution >= 4 is 27.9 Å². The van der Waals surface area contributed by atoms with Gasteiger partial charge in [0.05, 0.1) is 6.20 Å². The van der Waals surface area contributed by atoms with Gasteiger partial charge >= 0.3 is 18.1 Å². The summed E-state index contributed by atoms with van der Waals surface area (Å²) in [4.78, 5) is 37.5. The van der Waals surface area contributed by atoms with Crippen LogP contribution in [0.15, 0.2) is 53.8 Å². The normalized spacial score (nSPS) is 11.8. The fourth-order valence-electron chi connectivity index (χ4n) is 2.91. The topological polar surface area (TPSA) is 149 Å². The minimum atomic E-state index is -5.08. The lowest BCUT2D eigenvalue weighted by Crippen LogP contribution is -2.49. The monoisotopic (exact) mass is 595 g/mol. The number of alkyl halides is 3. The molecule has 0 saturated carbocycles. The van der Waals surface area contributed by atoms with Crippen molar-refractivity contribution in [2.24, 2.45) is 5.18 Å². The van der Waals surface area contributed by atoms with Gasteiger partial charge in [0.15, 0.2) is 0 Å². The first-order valence-corrected chi connectivity index (χ1v) is 13.5. The summed E-state index contributed by atoms with van der Waals surface area (Å²) in [5.41, 5.74) is 0.686. The molecule has 0 spiro atoms. The van der Waals surface area contributed by atoms with Crippen molar-refractivity contribution in [3.05, 3.63) is 64.9 Å². The lowest BCUT2D eigenvalue weighted by molar-refractivity contribution is -0.192. The SMILES string of the molecule is CC.CCCN(CCN(C)S(=O)(=O)NC(Cc1ccccc1)C(=O)N=O)c1ccc(F)cn1.O=C(O)C(F)(F)F. The van der Waals surface area contributed by atoms with Crippen molar-refractivity contribution in [2.45, 2.75) is 45.8 Å². The van der Waals surface area contributed by atoms with E-state index in [1.165, 1.54) is 19.2 Å². The summed E-state index contributed by atoms with van der Waals surface area (Å²) < 4.78 is 73.7. The third kappa shape index (κ3) is 13.5. The van der Waals surface area contributed by atoms with Gasteiger partial charge in [-0.15, -0.1) is 4.91 Å². The van der Waals surface area contributed by atoms with Gasteiger partial charge in [-0.1, -0.05) is 51.1 Å². The molecule has 1 aromatic carbocycles. The molecule has 0 aliphatic carbocycles. The van der Waals surface area contributed by atoms with Gasteiger partial charge in [0.25, 0.3) is 10.2 Å². The van der Waals surface area contributed by atoms with E-state index in [0.717, 1.165) is 16.9 Å². The Morgan fingerprint density at radius 1 is 1.07 bits per heavy atom. The molecule has 1 atom stereocenters. The second-order valence-electron chi connectivity index (χ2n) is 7.74. The van der Waals surface area contributed by atoms with Gasteiger partial charge in [-0.3, -0.25) is 4.79 Å². The van der Waals surface area contributed by atoms with E-state index in [-0.39, 0.29) is 13.0 Å². The molecule has 1 heterocycles. The fraction of sp³-hybridized carbons (Fsp3) is 0.458. The molecule has 2 aromatic rings. The maximum atomic E-state index is 13.1. The number of carboxylic acid groups (broad SMARTS) is 1. The molecule has 0 radical (unpaired) electrons. The number of anilines is 1. The zero-order valence-electron chi connectivity index (χ0n) is 22.4. The Bertz CT molecular complexity index is 1150. The van der Waals surface area contributed by atoms with Crippen LogP contribution in [0.4, 0.5) is 23.4 Å². The van der Waals surface area contributed by atoms with Crippen molar-refractivity contribution in [1.82, 2.24) is 14.0 Å². The lowest BCUT2D eigenvalue weighted by atomic mass is 10.1. The van der Waals surface area contributed by atoms with Crippen LogP contribution < -0.4 is 9.62 Å². The highest BCUT2D eigenvalue weighted by atomic mass is 32.2. The first-order chi connectivity index (χ1) is 18.7. The molecule has 40 heavy (non-hydrogen) atoms. The maximum Gasteiger partial charge on any atom is 0.490 e. The van der Waals surface area contributed by atoms with E-state index in [2.05, 4.69) is 14.9 Å². The number of halogens is 4. The Morgan fingerprint density at radius 2 is 1.65 bits per heavy atom. The van der Waals surface area contributed by atoms with Crippen molar-refractivity contribution < 1.29 is 40.7 Å². The molecule has 16 heteroatoms. The number of rotatable bonds is 12. The van der Waals surface area contributed by atoms with E-state index in [9.17, 15) is 35.7 Å². The summed E-state index contributed by atoms with van der Waals surface area (Å²) in [7, 11) is -2.71. The number of aliphatic carboxylic acids is 1. The van der Waals surface area contributed by atoms with Crippen LogP contribution in [0.1, 0.15) is 32.8 Å². The van der Waals surface area contributed by atoms with Gasteiger partial charge in [0.1, 0.15) is 17.7 Å². The molecule has 1 aromatic heterocycles. The Kier molecular flexibility index (Phi) is 16.4. The molecule has 0 fully saturated rings. The van der Waals surface area contributed by atoms with Crippen LogP contribution in [0.25, 0.3) is 0 Å². The Morgan fingerprint density at radius 3 is 2.10 bits per heavy atom. The molecule has 224 valence electrons. The van der Waals surface area contributed by atoms with E-state index in [0.29, 0.717) is 24.5 Å². The van der Waals surface area contributed by atoms with Crippen LogP contribution in [0, 0.1) is 10.7 Å². The molecule has 0 aliphatic heterocycles. The average molecular weight is 596 g/mol. The van der Waals surface area contributed by atoms with Gasteiger partial charge in [-0.2, -0.15) is 30.6 Å². The van der Waals surface area contributed by atoms with Gasteiger partial charge in [-0.25, -0.2) is 14.2 Å². The minimum Gasteiger partial charge on any atom is -0.475 e. The van der Waals surface area contributed by atoms with E-state index in [1.54, 1.807) is 30.3 Å². The quantitative estimate of drug-likeness (QED) is 0.278. The van der Waals surface area contributed by atoms with Gasteiger partial charge in [0.2, 0.25) is 0 Å². The average Bonchev–Trinajstić information content (AvgIpc) is 2.92. The largest absolute Gasteiger partial charge is 0.490 e. The number of amides is 1. The second-order valence-corrected chi connectivity index (χ2v) is 9.55. The summed E-state index contributed by atoms with van der Waals surface area (Å²) in [6.45, 7) is 6.94. The molecule has 1 amide bonds. The fourth-order valence-corrected chi connectivity index (χ4v) is 3.96. The number of hydrogen-bond donors (Lipinski definition) is 2. The number of pyridine rings is 1. The Balaban J connectivity index is 0.00000147. The number of likely N-dealkylation sites (N-methyl/N-ethyl adjacent to an activating group) is 1. The number of carbonyl (C=O) groups excluding carboxylic acids is 1. The zero-order chi connectivity index (χ0) is 30.9. The second kappa shape index (κ2) is 18.0. The van der Waals surface area contributed by atoms with Crippen LogP contribution in [0.2, 0.25) is 0 Å². The highest BCUT2D eigenvalue weighted by molar-refractivity contribution is 7.87. The summed E-state index contributed by atoms with van der Waals surface area (Å²) in [5, 5.41) is 9.52. The van der Waals surface area contributed by atoms with Crippen LogP contribution in [0.5, 0.6) is 0 Å². The first kappa shape index (κ1) is 36.5. The van der Waals surface area contributed by atoms with Crippen molar-refractivity contribution in [3.63, 3.8) is 0 Å². The maximum absolute atomic E-state index is 13.1. The summed E-state index contributed by atoms with van der Waals surface area (Å²) in [6, 6.07) is 10.2. The number of aromatic nitrogens is 1. The molecule has 2 rings (SSSR count). The molecule has 1 unspecified atom stereocenters. The predicted molar refractivity (Wildman–Crippen MR) is 141 cm³/mol. The Hall–Kier alpha value is -3.50. The van der Waals surface area contributed by atoms with Crippen LogP contribution >= 0.6 is 0 Å². The number of carboxylic acids is 1. The van der Waals surface area contributed by atoms with Crippen LogP contribution in [-0.2, 0) is 26.2 Å². The standard InChI is InChI=1S/C20H26FN5O4S.C2HF3O2.C2H6/c1-3-11-26(19-10-9-17(21)15-22-19)13-12-25(2)31(29,30)24-18(20(27)23-28)14-16-7-5-4-6-8-16;3-2(4,5)1(6)7;1-2/h4-10,15,18,24H,3,11-14H2,1-2H3;(H,6,7);1-2H3. The van der Waals surface area contributed by atoms with E-state index >= 15 is 0 Å². The van der Waals surface area contributed by atoms with Crippen molar-refractivity contribution in [2.75, 3.05) is 31.6 Å². The van der Waals surface area contributed by atoms with Crippen molar-refractivity contribution in [1.29, 1.82) is 0 Å². The molecule has 0 aliphatic rings. The van der Waals surface area contributed by atoms with E-state index in [1.807, 2.05) is 25.7 Å². The number of benzene rings is 1. The lowest BCUT2D eigenvalue weighted by Gasteiger charge is -2.27. The molecule has 0 saturated heterocycles. The third-order valence-corrected chi connectivity index (χ3v) is 6.41. The number of nitrogens with zero attached hydrogens (tertiary/aromatic N) is 4. The van der Waals surface area contributed by atoms with Gasteiger partial charge < -0.3 is 10.0 Å². The van der Waals surface area contributed by atoms with Gasteiger partial charge in [0, 0.05) is 31.9 Å². The van der Waals surface area contributed by atoms with Crippen LogP contribution in [0.3, 0.4) is 0 Å². The molecular formula is C24H33F4N5O6S. The van der Waals surface area contributed by atoms with E-state index in [4.69, 9.17) is 9.90 Å². The van der Waals surface area contributed by atoms with Crippen LogP contribution in [-0.4, -0.2) is 73.6 Å². The number of hydrogen-bond acceptors (Lipinski definition) is 7. The predicted octanol–water partition coefficient (Wildman–Crippen LogP) is 3.77. The molecule has 0 bridgehead atoms.